The molecule has 16 heavy (non-hydrogen) atoms. The SMILES string of the molecule is CC(CO)C(C)Nc1nccn2cnnc12. The molecule has 0 aromatic carbocycles. The molecule has 6 nitrogen and oxygen atoms in total. The number of anilines is 1. The molecule has 0 aliphatic heterocycles. The Balaban J connectivity index is 2.23. The van der Waals surface area contributed by atoms with E-state index >= 15 is 0 Å². The van der Waals surface area contributed by atoms with E-state index in [4.69, 9.17) is 5.11 Å². The van der Waals surface area contributed by atoms with Crippen LogP contribution < -0.4 is 5.32 Å². The molecule has 0 saturated heterocycles. The Kier molecular flexibility index (Phi) is 3.00. The zero-order chi connectivity index (χ0) is 11.5. The Hall–Kier alpha value is -1.69. The van der Waals surface area contributed by atoms with E-state index in [2.05, 4.69) is 20.5 Å². The first kappa shape index (κ1) is 10.8. The highest BCUT2D eigenvalue weighted by molar-refractivity contribution is 5.61. The van der Waals surface area contributed by atoms with E-state index in [0.717, 1.165) is 0 Å². The van der Waals surface area contributed by atoms with Crippen molar-refractivity contribution in [1.82, 2.24) is 19.6 Å². The molecule has 2 aromatic heterocycles. The monoisotopic (exact) mass is 221 g/mol. The van der Waals surface area contributed by atoms with Crippen molar-refractivity contribution in [1.29, 1.82) is 0 Å². The highest BCUT2D eigenvalue weighted by atomic mass is 16.3. The van der Waals surface area contributed by atoms with Gasteiger partial charge in [-0.05, 0) is 12.8 Å². The van der Waals surface area contributed by atoms with E-state index in [1.807, 2.05) is 13.8 Å². The van der Waals surface area contributed by atoms with Crippen LogP contribution in [0.3, 0.4) is 0 Å². The Morgan fingerprint density at radius 3 is 3.06 bits per heavy atom. The van der Waals surface area contributed by atoms with Gasteiger partial charge in [0.05, 0.1) is 0 Å². The van der Waals surface area contributed by atoms with Crippen LogP contribution >= 0.6 is 0 Å². The Labute approximate surface area is 93.3 Å². The third-order valence-corrected chi connectivity index (χ3v) is 2.72. The molecule has 2 atom stereocenters. The van der Waals surface area contributed by atoms with E-state index in [-0.39, 0.29) is 18.6 Å². The highest BCUT2D eigenvalue weighted by Crippen LogP contribution is 2.13. The molecule has 2 unspecified atom stereocenters. The summed E-state index contributed by atoms with van der Waals surface area (Å²) < 4.78 is 1.80. The van der Waals surface area contributed by atoms with Crippen LogP contribution in [-0.2, 0) is 0 Å². The predicted octanol–water partition coefficient (Wildman–Crippen LogP) is 0.553. The van der Waals surface area contributed by atoms with Crippen molar-refractivity contribution in [2.24, 2.45) is 5.92 Å². The standard InChI is InChI=1S/C10H15N5O/c1-7(5-16)8(2)13-9-10-14-12-6-15(10)4-3-11-9/h3-4,6-8,16H,5H2,1-2H3,(H,11,13). The van der Waals surface area contributed by atoms with Gasteiger partial charge in [-0.2, -0.15) is 0 Å². The first-order valence-electron chi connectivity index (χ1n) is 5.24. The minimum atomic E-state index is 0.125. The minimum absolute atomic E-state index is 0.125. The van der Waals surface area contributed by atoms with E-state index in [9.17, 15) is 0 Å². The number of aromatic nitrogens is 4. The van der Waals surface area contributed by atoms with Gasteiger partial charge in [-0.3, -0.25) is 4.40 Å². The quantitative estimate of drug-likeness (QED) is 0.788. The lowest BCUT2D eigenvalue weighted by atomic mass is 10.1. The van der Waals surface area contributed by atoms with Crippen LogP contribution in [0.1, 0.15) is 13.8 Å². The van der Waals surface area contributed by atoms with Gasteiger partial charge in [0.25, 0.3) is 0 Å². The molecule has 2 rings (SSSR count). The zero-order valence-electron chi connectivity index (χ0n) is 9.33. The molecule has 0 radical (unpaired) electrons. The second-order valence-electron chi connectivity index (χ2n) is 3.93. The average molecular weight is 221 g/mol. The Bertz CT molecular complexity index is 469. The summed E-state index contributed by atoms with van der Waals surface area (Å²) in [7, 11) is 0. The molecule has 2 aromatic rings. The summed E-state index contributed by atoms with van der Waals surface area (Å²) in [5.74, 6) is 0.845. The van der Waals surface area contributed by atoms with Crippen molar-refractivity contribution >= 4 is 11.5 Å². The molecule has 0 saturated carbocycles. The van der Waals surface area contributed by atoms with Gasteiger partial charge < -0.3 is 10.4 Å². The van der Waals surface area contributed by atoms with E-state index < -0.39 is 0 Å². The molecule has 0 bridgehead atoms. The van der Waals surface area contributed by atoms with Gasteiger partial charge >= 0.3 is 0 Å². The lowest BCUT2D eigenvalue weighted by molar-refractivity contribution is 0.226. The average Bonchev–Trinajstić information content (AvgIpc) is 2.77. The maximum absolute atomic E-state index is 9.06. The van der Waals surface area contributed by atoms with Crippen molar-refractivity contribution < 1.29 is 5.11 Å². The summed E-state index contributed by atoms with van der Waals surface area (Å²) in [6.45, 7) is 4.12. The van der Waals surface area contributed by atoms with Gasteiger partial charge in [-0.15, -0.1) is 10.2 Å². The molecule has 0 amide bonds. The van der Waals surface area contributed by atoms with E-state index in [1.165, 1.54) is 0 Å². The number of fused-ring (bicyclic) bond motifs is 1. The molecule has 6 heteroatoms. The molecular weight excluding hydrogens is 206 g/mol. The molecule has 86 valence electrons. The molecule has 2 heterocycles. The van der Waals surface area contributed by atoms with Crippen LogP contribution in [0.25, 0.3) is 5.65 Å². The van der Waals surface area contributed by atoms with Crippen LogP contribution in [0.5, 0.6) is 0 Å². The third-order valence-electron chi connectivity index (χ3n) is 2.72. The Morgan fingerprint density at radius 2 is 2.31 bits per heavy atom. The van der Waals surface area contributed by atoms with Crippen LogP contribution in [-0.4, -0.2) is 37.3 Å². The maximum atomic E-state index is 9.06. The fraction of sp³-hybridized carbons (Fsp3) is 0.500. The summed E-state index contributed by atoms with van der Waals surface area (Å²) in [6.07, 6.45) is 5.11. The van der Waals surface area contributed by atoms with Gasteiger partial charge in [0.1, 0.15) is 6.33 Å². The van der Waals surface area contributed by atoms with Crippen molar-refractivity contribution in [3.8, 4) is 0 Å². The van der Waals surface area contributed by atoms with Crippen molar-refractivity contribution in [2.45, 2.75) is 19.9 Å². The van der Waals surface area contributed by atoms with Crippen molar-refractivity contribution in [3.05, 3.63) is 18.7 Å². The smallest absolute Gasteiger partial charge is 0.203 e. The molecular formula is C10H15N5O. The zero-order valence-corrected chi connectivity index (χ0v) is 9.33. The molecule has 0 spiro atoms. The fourth-order valence-corrected chi connectivity index (χ4v) is 1.38. The predicted molar refractivity (Wildman–Crippen MR) is 60.1 cm³/mol. The Morgan fingerprint density at radius 1 is 1.50 bits per heavy atom. The van der Waals surface area contributed by atoms with Crippen LogP contribution in [0.4, 0.5) is 5.82 Å². The van der Waals surface area contributed by atoms with Crippen LogP contribution in [0, 0.1) is 5.92 Å². The van der Waals surface area contributed by atoms with Gasteiger partial charge in [-0.1, -0.05) is 6.92 Å². The number of rotatable bonds is 4. The van der Waals surface area contributed by atoms with Gasteiger partial charge in [0.15, 0.2) is 5.82 Å². The number of aliphatic hydroxyl groups excluding tert-OH is 1. The molecule has 0 aliphatic carbocycles. The van der Waals surface area contributed by atoms with Crippen LogP contribution in [0.2, 0.25) is 0 Å². The molecule has 2 N–H and O–H groups in total. The van der Waals surface area contributed by atoms with Crippen LogP contribution in [0.15, 0.2) is 18.7 Å². The van der Waals surface area contributed by atoms with Gasteiger partial charge in [0.2, 0.25) is 5.65 Å². The molecule has 0 aliphatic rings. The second kappa shape index (κ2) is 4.44. The summed E-state index contributed by atoms with van der Waals surface area (Å²) in [4.78, 5) is 4.22. The number of hydrogen-bond acceptors (Lipinski definition) is 5. The van der Waals surface area contributed by atoms with E-state index in [0.29, 0.717) is 11.5 Å². The molecule has 0 fully saturated rings. The normalized spacial score (nSPS) is 14.9. The van der Waals surface area contributed by atoms with E-state index in [1.54, 1.807) is 23.1 Å². The topological polar surface area (TPSA) is 75.3 Å². The number of aliphatic hydroxyl groups is 1. The van der Waals surface area contributed by atoms with Crippen molar-refractivity contribution in [2.75, 3.05) is 11.9 Å². The lowest BCUT2D eigenvalue weighted by Gasteiger charge is -2.19. The van der Waals surface area contributed by atoms with Gasteiger partial charge in [-0.25, -0.2) is 4.98 Å². The first-order chi connectivity index (χ1) is 7.72. The third kappa shape index (κ3) is 1.96. The number of hydrogen-bond donors (Lipinski definition) is 2. The number of nitrogens with zero attached hydrogens (tertiary/aromatic N) is 4. The summed E-state index contributed by atoms with van der Waals surface area (Å²) in [6, 6.07) is 0.125. The summed E-state index contributed by atoms with van der Waals surface area (Å²) in [5, 5.41) is 20.1. The largest absolute Gasteiger partial charge is 0.396 e. The first-order valence-corrected chi connectivity index (χ1v) is 5.24. The second-order valence-corrected chi connectivity index (χ2v) is 3.93. The number of nitrogens with one attached hydrogen (secondary N) is 1. The van der Waals surface area contributed by atoms with Gasteiger partial charge in [0, 0.05) is 25.0 Å². The highest BCUT2D eigenvalue weighted by Gasteiger charge is 2.13. The minimum Gasteiger partial charge on any atom is -0.396 e. The summed E-state index contributed by atoms with van der Waals surface area (Å²) >= 11 is 0. The van der Waals surface area contributed by atoms with Crippen molar-refractivity contribution in [3.63, 3.8) is 0 Å². The summed E-state index contributed by atoms with van der Waals surface area (Å²) in [5.41, 5.74) is 0.694. The maximum Gasteiger partial charge on any atom is 0.203 e. The fourth-order valence-electron chi connectivity index (χ4n) is 1.38. The lowest BCUT2D eigenvalue weighted by Crippen LogP contribution is -2.27.